The van der Waals surface area contributed by atoms with Crippen LogP contribution in [0.2, 0.25) is 0 Å². The van der Waals surface area contributed by atoms with Crippen LogP contribution in [-0.2, 0) is 6.42 Å². The fourth-order valence-electron chi connectivity index (χ4n) is 2.06. The number of aliphatic hydroxyl groups excluding tert-OH is 9. The number of nitrogens with zero attached hydrogens (tertiary/aromatic N) is 2. The largest absolute Gasteiger partial charge is 0.394 e. The Morgan fingerprint density at radius 3 is 1.84 bits per heavy atom. The fourth-order valence-corrected chi connectivity index (χ4v) is 2.06. The summed E-state index contributed by atoms with van der Waals surface area (Å²) in [4.78, 5) is 7.68. The minimum Gasteiger partial charge on any atom is -0.394 e. The predicted octanol–water partition coefficient (Wildman–Crippen LogP) is -4.80. The molecule has 11 nitrogen and oxygen atoms in total. The van der Waals surface area contributed by atoms with E-state index >= 15 is 0 Å². The average molecular weight is 364 g/mol. The summed E-state index contributed by atoms with van der Waals surface area (Å²) in [6, 6.07) is 0. The Labute approximate surface area is 143 Å². The molecule has 1 rings (SSSR count). The highest BCUT2D eigenvalue weighted by Gasteiger charge is 2.32. The topological polar surface area (TPSA) is 208 Å². The number of hydrogen-bond acceptors (Lipinski definition) is 11. The Morgan fingerprint density at radius 1 is 0.720 bits per heavy atom. The van der Waals surface area contributed by atoms with E-state index in [1.165, 1.54) is 6.20 Å². The first-order valence-electron chi connectivity index (χ1n) is 7.51. The van der Waals surface area contributed by atoms with Gasteiger partial charge in [-0.3, -0.25) is 9.97 Å². The Kier molecular flexibility index (Phi) is 8.71. The van der Waals surface area contributed by atoms with E-state index in [-0.39, 0.29) is 17.8 Å². The molecule has 0 aliphatic rings. The summed E-state index contributed by atoms with van der Waals surface area (Å²) in [5, 5.41) is 84.9. The zero-order chi connectivity index (χ0) is 19.1. The lowest BCUT2D eigenvalue weighted by Gasteiger charge is -2.25. The maximum absolute atomic E-state index is 10.0. The molecule has 144 valence electrons. The lowest BCUT2D eigenvalue weighted by Crippen LogP contribution is -2.43. The van der Waals surface area contributed by atoms with Crippen LogP contribution < -0.4 is 0 Å². The average Bonchev–Trinajstić information content (AvgIpc) is 2.64. The van der Waals surface area contributed by atoms with Crippen LogP contribution in [0.3, 0.4) is 0 Å². The number of aliphatic hydroxyl groups is 9. The molecule has 0 saturated heterocycles. The summed E-state index contributed by atoms with van der Waals surface area (Å²) in [5.41, 5.74) is -0.0868. The van der Waals surface area contributed by atoms with E-state index in [0.717, 1.165) is 6.20 Å². The molecule has 0 aromatic carbocycles. The zero-order valence-corrected chi connectivity index (χ0v) is 13.2. The van der Waals surface area contributed by atoms with Crippen molar-refractivity contribution < 1.29 is 46.0 Å². The summed E-state index contributed by atoms with van der Waals surface area (Å²) >= 11 is 0. The number of rotatable bonds is 10. The summed E-state index contributed by atoms with van der Waals surface area (Å²) in [7, 11) is 0. The van der Waals surface area contributed by atoms with Gasteiger partial charge in [0.15, 0.2) is 0 Å². The molecule has 0 radical (unpaired) electrons. The monoisotopic (exact) mass is 364 g/mol. The zero-order valence-electron chi connectivity index (χ0n) is 13.2. The molecule has 1 aromatic rings. The molecule has 11 heteroatoms. The van der Waals surface area contributed by atoms with E-state index in [9.17, 15) is 35.7 Å². The normalized spacial score (nSPS) is 20.4. The molecular formula is C14H24N2O9. The van der Waals surface area contributed by atoms with E-state index in [0.29, 0.717) is 0 Å². The first-order valence-corrected chi connectivity index (χ1v) is 7.51. The van der Waals surface area contributed by atoms with Crippen molar-refractivity contribution in [3.05, 3.63) is 23.8 Å². The number of aromatic nitrogens is 2. The molecule has 1 heterocycles. The molecule has 9 N–H and O–H groups in total. The third kappa shape index (κ3) is 5.88. The van der Waals surface area contributed by atoms with Crippen LogP contribution in [0.15, 0.2) is 12.4 Å². The summed E-state index contributed by atoms with van der Waals surface area (Å²) in [6.07, 6.45) is -9.74. The van der Waals surface area contributed by atoms with Crippen LogP contribution in [0.5, 0.6) is 0 Å². The van der Waals surface area contributed by atoms with E-state index in [4.69, 9.17) is 10.2 Å². The maximum atomic E-state index is 10.0. The summed E-state index contributed by atoms with van der Waals surface area (Å²) < 4.78 is 0. The second-order valence-electron chi connectivity index (χ2n) is 5.62. The van der Waals surface area contributed by atoms with Gasteiger partial charge in [0, 0.05) is 12.6 Å². The van der Waals surface area contributed by atoms with E-state index in [1.807, 2.05) is 0 Å². The quantitative estimate of drug-likeness (QED) is 0.192. The standard InChI is InChI=1S/C14H24N2O9/c17-4-9(20)12(23)8(19)1-6-2-15-3-7(16-6)11(22)14(25)13(24)10(21)5-18/h2-3,8-14,17-25H,1,4-5H2/t8-,9-,10-,11+,12+,13-,14-/m1/s1. The molecule has 0 aliphatic heterocycles. The molecule has 0 spiro atoms. The second kappa shape index (κ2) is 10.0. The van der Waals surface area contributed by atoms with Gasteiger partial charge in [0.05, 0.1) is 36.9 Å². The van der Waals surface area contributed by atoms with Crippen LogP contribution in [-0.4, -0.2) is 106 Å². The van der Waals surface area contributed by atoms with Crippen LogP contribution in [0, 0.1) is 0 Å². The van der Waals surface area contributed by atoms with Gasteiger partial charge in [-0.15, -0.1) is 0 Å². The van der Waals surface area contributed by atoms with Gasteiger partial charge < -0.3 is 46.0 Å². The van der Waals surface area contributed by atoms with Gasteiger partial charge in [-0.2, -0.15) is 0 Å². The molecule has 1 aromatic heterocycles. The smallest absolute Gasteiger partial charge is 0.126 e. The van der Waals surface area contributed by atoms with Crippen LogP contribution in [0.1, 0.15) is 17.5 Å². The van der Waals surface area contributed by atoms with Gasteiger partial charge in [-0.05, 0) is 0 Å². The molecule has 0 amide bonds. The first-order chi connectivity index (χ1) is 11.7. The summed E-state index contributed by atoms with van der Waals surface area (Å²) in [5.74, 6) is 0. The molecule has 0 unspecified atom stereocenters. The highest BCUT2D eigenvalue weighted by Crippen LogP contribution is 2.19. The first kappa shape index (κ1) is 21.8. The molecule has 0 fully saturated rings. The molecule has 0 bridgehead atoms. The summed E-state index contributed by atoms with van der Waals surface area (Å²) in [6.45, 7) is -1.58. The third-order valence-corrected chi connectivity index (χ3v) is 3.65. The Morgan fingerprint density at radius 2 is 1.28 bits per heavy atom. The molecule has 25 heavy (non-hydrogen) atoms. The highest BCUT2D eigenvalue weighted by molar-refractivity contribution is 5.09. The lowest BCUT2D eigenvalue weighted by molar-refractivity contribution is -0.117. The Balaban J connectivity index is 2.83. The van der Waals surface area contributed by atoms with E-state index in [1.54, 1.807) is 0 Å². The van der Waals surface area contributed by atoms with Crippen LogP contribution >= 0.6 is 0 Å². The lowest BCUT2D eigenvalue weighted by atomic mass is 10.0. The SMILES string of the molecule is OC[C@@H](O)[C@@H](O)[C@H](O)Cc1cncc([C@H](O)[C@@H](O)[C@H](O)[C@H](O)CO)n1. The van der Waals surface area contributed by atoms with E-state index in [2.05, 4.69) is 9.97 Å². The number of hydrogen-bond donors (Lipinski definition) is 9. The van der Waals surface area contributed by atoms with Crippen molar-refractivity contribution in [3.8, 4) is 0 Å². The Hall–Kier alpha value is -1.28. The van der Waals surface area contributed by atoms with Gasteiger partial charge in [0.25, 0.3) is 0 Å². The van der Waals surface area contributed by atoms with Crippen molar-refractivity contribution in [1.82, 2.24) is 9.97 Å². The maximum Gasteiger partial charge on any atom is 0.126 e. The molecule has 0 aliphatic carbocycles. The minimum absolute atomic E-state index is 0.0950. The van der Waals surface area contributed by atoms with Crippen molar-refractivity contribution in [3.63, 3.8) is 0 Å². The highest BCUT2D eigenvalue weighted by atomic mass is 16.4. The van der Waals surface area contributed by atoms with Gasteiger partial charge in [-0.25, -0.2) is 0 Å². The fraction of sp³-hybridized carbons (Fsp3) is 0.714. The van der Waals surface area contributed by atoms with Crippen molar-refractivity contribution in [2.24, 2.45) is 0 Å². The second-order valence-corrected chi connectivity index (χ2v) is 5.62. The van der Waals surface area contributed by atoms with Crippen molar-refractivity contribution in [2.75, 3.05) is 13.2 Å². The van der Waals surface area contributed by atoms with Gasteiger partial charge in [0.1, 0.15) is 36.6 Å². The minimum atomic E-state index is -1.86. The van der Waals surface area contributed by atoms with Gasteiger partial charge >= 0.3 is 0 Å². The van der Waals surface area contributed by atoms with Crippen LogP contribution in [0.25, 0.3) is 0 Å². The Bertz CT molecular complexity index is 521. The van der Waals surface area contributed by atoms with Crippen LogP contribution in [0.4, 0.5) is 0 Å². The van der Waals surface area contributed by atoms with Gasteiger partial charge in [-0.1, -0.05) is 0 Å². The van der Waals surface area contributed by atoms with Crippen molar-refractivity contribution >= 4 is 0 Å². The molecule has 0 saturated carbocycles. The van der Waals surface area contributed by atoms with E-state index < -0.39 is 55.9 Å². The predicted molar refractivity (Wildman–Crippen MR) is 80.9 cm³/mol. The van der Waals surface area contributed by atoms with Crippen molar-refractivity contribution in [2.45, 2.75) is 49.1 Å². The molecule has 7 atom stereocenters. The van der Waals surface area contributed by atoms with Crippen molar-refractivity contribution in [1.29, 1.82) is 0 Å². The molecular weight excluding hydrogens is 340 g/mol. The van der Waals surface area contributed by atoms with Gasteiger partial charge in [0.2, 0.25) is 0 Å². The third-order valence-electron chi connectivity index (χ3n) is 3.65.